The van der Waals surface area contributed by atoms with Gasteiger partial charge in [-0.05, 0) is 12.8 Å². The molecule has 1 amide bonds. The molecule has 0 fully saturated rings. The lowest BCUT2D eigenvalue weighted by Crippen LogP contribution is -2.31. The van der Waals surface area contributed by atoms with Gasteiger partial charge in [0.05, 0.1) is 0 Å². The molecule has 0 atom stereocenters. The zero-order chi connectivity index (χ0) is 32.2. The van der Waals surface area contributed by atoms with Crippen LogP contribution < -0.4 is 0 Å². The first kappa shape index (κ1) is 42.7. The molecule has 4 nitrogen and oxygen atoms in total. The van der Waals surface area contributed by atoms with Crippen molar-refractivity contribution in [3.8, 4) is 0 Å². The first-order valence-corrected chi connectivity index (χ1v) is 19.8. The van der Waals surface area contributed by atoms with Gasteiger partial charge in [0.25, 0.3) is 0 Å². The normalized spacial score (nSPS) is 11.5. The highest BCUT2D eigenvalue weighted by Crippen LogP contribution is 2.16. The van der Waals surface area contributed by atoms with E-state index >= 15 is 0 Å². The summed E-state index contributed by atoms with van der Waals surface area (Å²) < 4.78 is 0. The van der Waals surface area contributed by atoms with E-state index in [0.29, 0.717) is 0 Å². The molecule has 0 unspecified atom stereocenters. The molecule has 0 aliphatic carbocycles. The van der Waals surface area contributed by atoms with E-state index in [-0.39, 0.29) is 5.91 Å². The maximum Gasteiger partial charge on any atom is 0.328 e. The predicted octanol–water partition coefficient (Wildman–Crippen LogP) is 13.0. The standard InChI is InChI=1S/C40H77NO3/c1-3-5-7-9-11-13-15-17-19-21-23-25-27-29-31-33-37-41(39(42)35-36-40(43)44)38-34-32-30-28-26-24-22-20-18-16-14-12-10-8-6-4-2/h35-36H,3-34,37-38H2,1-2H3,(H,43,44). The van der Waals surface area contributed by atoms with Crippen molar-refractivity contribution in [1.82, 2.24) is 4.90 Å². The first-order chi connectivity index (χ1) is 21.6. The Morgan fingerprint density at radius 2 is 0.614 bits per heavy atom. The van der Waals surface area contributed by atoms with Crippen LogP contribution in [0.4, 0.5) is 0 Å². The Hall–Kier alpha value is -1.32. The van der Waals surface area contributed by atoms with Gasteiger partial charge >= 0.3 is 5.97 Å². The minimum atomic E-state index is -1.05. The molecule has 0 spiro atoms. The molecule has 260 valence electrons. The third-order valence-electron chi connectivity index (χ3n) is 9.24. The molecule has 4 heteroatoms. The van der Waals surface area contributed by atoms with Gasteiger partial charge in [0, 0.05) is 25.2 Å². The Kier molecular flexibility index (Phi) is 35.1. The summed E-state index contributed by atoms with van der Waals surface area (Å²) in [5, 5.41) is 8.94. The third-order valence-corrected chi connectivity index (χ3v) is 9.24. The SMILES string of the molecule is CCCCCCCCCCCCCCCCCCN(CCCCCCCCCCCCCCCCCC)C(=O)C=CC(=O)O. The van der Waals surface area contributed by atoms with Crippen molar-refractivity contribution in [1.29, 1.82) is 0 Å². The zero-order valence-corrected chi connectivity index (χ0v) is 29.9. The van der Waals surface area contributed by atoms with E-state index in [2.05, 4.69) is 13.8 Å². The van der Waals surface area contributed by atoms with Crippen LogP contribution >= 0.6 is 0 Å². The molecule has 0 radical (unpaired) electrons. The number of carbonyl (C=O) groups is 2. The van der Waals surface area contributed by atoms with E-state index in [4.69, 9.17) is 5.11 Å². The lowest BCUT2D eigenvalue weighted by molar-refractivity contribution is -0.132. The number of carboxylic acid groups (broad SMARTS) is 1. The van der Waals surface area contributed by atoms with Crippen molar-refractivity contribution in [2.75, 3.05) is 13.1 Å². The number of rotatable bonds is 36. The van der Waals surface area contributed by atoms with E-state index in [1.807, 2.05) is 4.90 Å². The highest BCUT2D eigenvalue weighted by molar-refractivity contribution is 5.93. The van der Waals surface area contributed by atoms with Crippen molar-refractivity contribution in [3.63, 3.8) is 0 Å². The van der Waals surface area contributed by atoms with Crippen LogP contribution in [0, 0.1) is 0 Å². The van der Waals surface area contributed by atoms with Gasteiger partial charge in [-0.25, -0.2) is 4.79 Å². The van der Waals surface area contributed by atoms with Crippen LogP contribution in [0.5, 0.6) is 0 Å². The zero-order valence-electron chi connectivity index (χ0n) is 29.9. The maximum atomic E-state index is 12.6. The molecule has 0 saturated carbocycles. The molecule has 0 bridgehead atoms. The van der Waals surface area contributed by atoms with E-state index in [1.54, 1.807) is 0 Å². The van der Waals surface area contributed by atoms with Crippen LogP contribution in [0.15, 0.2) is 12.2 Å². The van der Waals surface area contributed by atoms with Crippen molar-refractivity contribution in [3.05, 3.63) is 12.2 Å². The quantitative estimate of drug-likeness (QED) is 0.0560. The van der Waals surface area contributed by atoms with Gasteiger partial charge < -0.3 is 10.0 Å². The van der Waals surface area contributed by atoms with Gasteiger partial charge in [0.1, 0.15) is 0 Å². The molecule has 0 heterocycles. The summed E-state index contributed by atoms with van der Waals surface area (Å²) in [6.45, 7) is 6.06. The largest absolute Gasteiger partial charge is 0.478 e. The summed E-state index contributed by atoms with van der Waals surface area (Å²) in [4.78, 5) is 25.4. The number of hydrogen-bond acceptors (Lipinski definition) is 2. The van der Waals surface area contributed by atoms with Crippen LogP contribution in [0.1, 0.15) is 219 Å². The van der Waals surface area contributed by atoms with Crippen molar-refractivity contribution in [2.24, 2.45) is 0 Å². The van der Waals surface area contributed by atoms with Crippen LogP contribution in [0.2, 0.25) is 0 Å². The Morgan fingerprint density at radius 3 is 0.841 bits per heavy atom. The van der Waals surface area contributed by atoms with Crippen molar-refractivity contribution in [2.45, 2.75) is 219 Å². The second-order valence-corrected chi connectivity index (χ2v) is 13.6. The Labute approximate surface area is 275 Å². The lowest BCUT2D eigenvalue weighted by Gasteiger charge is -2.21. The summed E-state index contributed by atoms with van der Waals surface area (Å²) in [7, 11) is 0. The number of amides is 1. The fourth-order valence-electron chi connectivity index (χ4n) is 6.28. The molecule has 0 aromatic heterocycles. The molecule has 0 aliphatic rings. The second kappa shape index (κ2) is 36.2. The second-order valence-electron chi connectivity index (χ2n) is 13.6. The van der Waals surface area contributed by atoms with Gasteiger partial charge in [0.2, 0.25) is 5.91 Å². The van der Waals surface area contributed by atoms with E-state index in [9.17, 15) is 9.59 Å². The smallest absolute Gasteiger partial charge is 0.328 e. The highest BCUT2D eigenvalue weighted by Gasteiger charge is 2.10. The van der Waals surface area contributed by atoms with Gasteiger partial charge in [-0.15, -0.1) is 0 Å². The molecule has 0 rings (SSSR count). The fraction of sp³-hybridized carbons (Fsp3) is 0.900. The minimum Gasteiger partial charge on any atom is -0.478 e. The molecule has 0 aromatic carbocycles. The highest BCUT2D eigenvalue weighted by atomic mass is 16.4. The van der Waals surface area contributed by atoms with Gasteiger partial charge in [0.15, 0.2) is 0 Å². The molecule has 0 aromatic rings. The summed E-state index contributed by atoms with van der Waals surface area (Å²) in [6.07, 6.45) is 45.1. The summed E-state index contributed by atoms with van der Waals surface area (Å²) >= 11 is 0. The van der Waals surface area contributed by atoms with Crippen LogP contribution in [0.3, 0.4) is 0 Å². The van der Waals surface area contributed by atoms with E-state index < -0.39 is 5.97 Å². The Bertz CT molecular complexity index is 596. The van der Waals surface area contributed by atoms with Crippen molar-refractivity contribution < 1.29 is 14.7 Å². The maximum absolute atomic E-state index is 12.6. The van der Waals surface area contributed by atoms with Gasteiger partial charge in [-0.1, -0.05) is 206 Å². The Balaban J connectivity index is 3.78. The minimum absolute atomic E-state index is 0.144. The first-order valence-electron chi connectivity index (χ1n) is 19.8. The van der Waals surface area contributed by atoms with Gasteiger partial charge in [-0.3, -0.25) is 4.79 Å². The number of hydrogen-bond donors (Lipinski definition) is 1. The van der Waals surface area contributed by atoms with E-state index in [0.717, 1.165) is 44.8 Å². The molecular weight excluding hydrogens is 542 g/mol. The summed E-state index contributed by atoms with van der Waals surface area (Å²) in [5.74, 6) is -1.20. The monoisotopic (exact) mass is 620 g/mol. The van der Waals surface area contributed by atoms with Crippen molar-refractivity contribution >= 4 is 11.9 Å². The number of carbonyl (C=O) groups excluding carboxylic acids is 1. The van der Waals surface area contributed by atoms with Crippen LogP contribution in [-0.2, 0) is 9.59 Å². The fourth-order valence-corrected chi connectivity index (χ4v) is 6.28. The van der Waals surface area contributed by atoms with E-state index in [1.165, 1.54) is 186 Å². The molecule has 0 saturated heterocycles. The molecule has 0 aliphatic heterocycles. The Morgan fingerprint density at radius 1 is 0.386 bits per heavy atom. The predicted molar refractivity (Wildman–Crippen MR) is 192 cm³/mol. The number of unbranched alkanes of at least 4 members (excludes halogenated alkanes) is 30. The average molecular weight is 620 g/mol. The number of aliphatic carboxylic acids is 1. The topological polar surface area (TPSA) is 57.6 Å². The van der Waals surface area contributed by atoms with Gasteiger partial charge in [-0.2, -0.15) is 0 Å². The molecule has 1 N–H and O–H groups in total. The summed E-state index contributed by atoms with van der Waals surface area (Å²) in [5.41, 5.74) is 0. The number of carboxylic acids is 1. The molecule has 44 heavy (non-hydrogen) atoms. The molecular formula is C40H77NO3. The third kappa shape index (κ3) is 33.6. The lowest BCUT2D eigenvalue weighted by atomic mass is 10.0. The summed E-state index contributed by atoms with van der Waals surface area (Å²) in [6, 6.07) is 0. The number of nitrogens with zero attached hydrogens (tertiary/aromatic N) is 1. The van der Waals surface area contributed by atoms with Crippen LogP contribution in [0.25, 0.3) is 0 Å². The average Bonchev–Trinajstić information content (AvgIpc) is 3.02. The van der Waals surface area contributed by atoms with Crippen LogP contribution in [-0.4, -0.2) is 35.0 Å².